The van der Waals surface area contributed by atoms with Crippen molar-refractivity contribution in [3.05, 3.63) is 136 Å². The van der Waals surface area contributed by atoms with Gasteiger partial charge in [-0.25, -0.2) is 9.59 Å². The van der Waals surface area contributed by atoms with Crippen LogP contribution in [0.1, 0.15) is 58.9 Å². The number of nitrogens with one attached hydrogen (secondary N) is 1. The summed E-state index contributed by atoms with van der Waals surface area (Å²) < 4.78 is 0. The van der Waals surface area contributed by atoms with Crippen LogP contribution in [-0.2, 0) is 16.1 Å². The summed E-state index contributed by atoms with van der Waals surface area (Å²) in [5, 5.41) is 70.8. The first-order chi connectivity index (χ1) is 30.5. The summed E-state index contributed by atoms with van der Waals surface area (Å²) in [5.74, 6) is -5.75. The van der Waals surface area contributed by atoms with Gasteiger partial charge in [-0.2, -0.15) is 0 Å². The molecular weight excluding hydrogens is 827 g/mol. The Balaban J connectivity index is 1.36. The van der Waals surface area contributed by atoms with Gasteiger partial charge in [0.25, 0.3) is 5.91 Å². The van der Waals surface area contributed by atoms with Crippen molar-refractivity contribution < 1.29 is 59.7 Å². The number of aromatic carboxylic acids is 2. The van der Waals surface area contributed by atoms with Crippen LogP contribution in [0, 0.1) is 0 Å². The average molecular weight is 878 g/mol. The van der Waals surface area contributed by atoms with Crippen molar-refractivity contribution in [1.82, 2.24) is 19.6 Å². The molecule has 0 aliphatic carbocycles. The van der Waals surface area contributed by atoms with Gasteiger partial charge >= 0.3 is 23.9 Å². The van der Waals surface area contributed by atoms with Gasteiger partial charge in [-0.05, 0) is 70.3 Å². The predicted octanol–water partition coefficient (Wildman–Crippen LogP) is 5.05. The Morgan fingerprint density at radius 3 is 1.41 bits per heavy atom. The summed E-state index contributed by atoms with van der Waals surface area (Å²) in [6, 6.07) is 20.5. The summed E-state index contributed by atoms with van der Waals surface area (Å²) in [6.07, 6.45) is 6.67. The number of carbonyl (C=O) groups excluding carboxylic acids is 1. The summed E-state index contributed by atoms with van der Waals surface area (Å²) in [7, 11) is 0. The van der Waals surface area contributed by atoms with Gasteiger partial charge in [0, 0.05) is 70.2 Å². The number of anilines is 1. The van der Waals surface area contributed by atoms with Crippen LogP contribution in [0.2, 0.25) is 0 Å². The number of carboxylic acids is 4. The number of carbonyl (C=O) groups is 5. The molecule has 1 amide bonds. The Morgan fingerprint density at radius 2 is 0.953 bits per heavy atom. The molecule has 64 heavy (non-hydrogen) atoms. The number of aliphatic hydroxyl groups is 1. The minimum Gasteiger partial charge on any atom is -0.512 e. The quantitative estimate of drug-likeness (QED) is 0.0542. The van der Waals surface area contributed by atoms with E-state index in [1.165, 1.54) is 24.3 Å². The molecule has 1 aliphatic rings. The zero-order valence-corrected chi connectivity index (χ0v) is 35.0. The standard InChI is InChI=1S/C47H51N5O12/c1-31(53)27-49-16-20-51(29-43(56)57)22-18-50(19-23-52(21-17-49)30-44(58)59)28-35-6-12-37(13-7-35)45(60)48-40-26-34(3-2-32-8-14-41(54)38(24-32)46(61)62)5-11-36(40)10-4-33-9-15-42(55)39(25-33)47(63)64/h2-15,24-26,53-55H,1,16-23,27-30H2,(H,48,60)(H,56,57)(H,58,59)(H,61,62)(H,63,64)/b3-2+,10-4+. The van der Waals surface area contributed by atoms with Gasteiger partial charge in [0.05, 0.1) is 25.4 Å². The molecule has 0 aromatic heterocycles. The van der Waals surface area contributed by atoms with Crippen LogP contribution in [0.4, 0.5) is 5.69 Å². The highest BCUT2D eigenvalue weighted by molar-refractivity contribution is 6.06. The fourth-order valence-corrected chi connectivity index (χ4v) is 7.03. The Hall–Kier alpha value is -7.31. The van der Waals surface area contributed by atoms with E-state index in [1.54, 1.807) is 66.8 Å². The number of benzene rings is 4. The molecule has 8 N–H and O–H groups in total. The molecule has 0 radical (unpaired) electrons. The summed E-state index contributed by atoms with van der Waals surface area (Å²) in [4.78, 5) is 68.1. The van der Waals surface area contributed by atoms with Crippen LogP contribution < -0.4 is 5.32 Å². The Bertz CT molecular complexity index is 2380. The van der Waals surface area contributed by atoms with Crippen LogP contribution >= 0.6 is 0 Å². The lowest BCUT2D eigenvalue weighted by Crippen LogP contribution is -2.47. The number of hydrogen-bond acceptors (Lipinski definition) is 12. The zero-order valence-electron chi connectivity index (χ0n) is 35.0. The second-order valence-electron chi connectivity index (χ2n) is 15.3. The summed E-state index contributed by atoms with van der Waals surface area (Å²) >= 11 is 0. The van der Waals surface area contributed by atoms with Crippen molar-refractivity contribution in [2.24, 2.45) is 0 Å². The molecule has 4 aromatic carbocycles. The van der Waals surface area contributed by atoms with Crippen molar-refractivity contribution in [2.45, 2.75) is 6.54 Å². The third-order valence-corrected chi connectivity index (χ3v) is 10.4. The minimum atomic E-state index is -1.30. The first-order valence-electron chi connectivity index (χ1n) is 20.3. The number of aromatic hydroxyl groups is 2. The van der Waals surface area contributed by atoms with Crippen LogP contribution in [0.3, 0.4) is 0 Å². The molecule has 17 heteroatoms. The number of phenols is 2. The summed E-state index contributed by atoms with van der Waals surface area (Å²) in [6.45, 7) is 7.29. The third kappa shape index (κ3) is 14.7. The lowest BCUT2D eigenvalue weighted by Gasteiger charge is -2.33. The first kappa shape index (κ1) is 47.7. The van der Waals surface area contributed by atoms with E-state index >= 15 is 0 Å². The Labute approximate surface area is 369 Å². The predicted molar refractivity (Wildman–Crippen MR) is 240 cm³/mol. The van der Waals surface area contributed by atoms with E-state index in [9.17, 15) is 59.7 Å². The molecule has 1 saturated heterocycles. The smallest absolute Gasteiger partial charge is 0.339 e. The molecule has 1 aliphatic heterocycles. The molecular formula is C47H51N5O12. The number of carboxylic acid groups (broad SMARTS) is 4. The molecule has 5 rings (SSSR count). The molecule has 0 saturated carbocycles. The van der Waals surface area contributed by atoms with Crippen molar-refractivity contribution in [3.8, 4) is 11.5 Å². The van der Waals surface area contributed by atoms with Crippen LogP contribution in [-0.4, -0.2) is 157 Å². The maximum Gasteiger partial charge on any atom is 0.339 e. The van der Waals surface area contributed by atoms with Gasteiger partial charge in [0.1, 0.15) is 22.6 Å². The number of amides is 1. The molecule has 1 heterocycles. The van der Waals surface area contributed by atoms with Crippen molar-refractivity contribution in [2.75, 3.05) is 77.3 Å². The topological polar surface area (TPSA) is 252 Å². The highest BCUT2D eigenvalue weighted by atomic mass is 16.4. The fourth-order valence-electron chi connectivity index (χ4n) is 7.03. The van der Waals surface area contributed by atoms with Crippen LogP contribution in [0.25, 0.3) is 24.3 Å². The Morgan fingerprint density at radius 1 is 0.531 bits per heavy atom. The first-order valence-corrected chi connectivity index (χ1v) is 20.3. The minimum absolute atomic E-state index is 0.0378. The van der Waals surface area contributed by atoms with Crippen LogP contribution in [0.15, 0.2) is 91.2 Å². The molecule has 17 nitrogen and oxygen atoms in total. The van der Waals surface area contributed by atoms with Gasteiger partial charge in [-0.1, -0.05) is 67.3 Å². The molecule has 336 valence electrons. The number of hydrogen-bond donors (Lipinski definition) is 8. The lowest BCUT2D eigenvalue weighted by molar-refractivity contribution is -0.139. The van der Waals surface area contributed by atoms with E-state index in [2.05, 4.69) is 16.8 Å². The van der Waals surface area contributed by atoms with Crippen molar-refractivity contribution in [1.29, 1.82) is 0 Å². The van der Waals surface area contributed by atoms with E-state index in [4.69, 9.17) is 0 Å². The van der Waals surface area contributed by atoms with Crippen LogP contribution in [0.5, 0.6) is 11.5 Å². The van der Waals surface area contributed by atoms with Gasteiger partial charge in [-0.15, -0.1) is 0 Å². The average Bonchev–Trinajstić information content (AvgIpc) is 3.23. The number of nitrogens with zero attached hydrogens (tertiary/aromatic N) is 4. The van der Waals surface area contributed by atoms with Gasteiger partial charge in [0.2, 0.25) is 0 Å². The lowest BCUT2D eigenvalue weighted by atomic mass is 10.0. The van der Waals surface area contributed by atoms with E-state index in [-0.39, 0.29) is 48.0 Å². The van der Waals surface area contributed by atoms with Gasteiger partial charge in [0.15, 0.2) is 0 Å². The zero-order chi connectivity index (χ0) is 46.3. The largest absolute Gasteiger partial charge is 0.512 e. The second-order valence-corrected chi connectivity index (χ2v) is 15.3. The molecule has 0 atom stereocenters. The highest BCUT2D eigenvalue weighted by Gasteiger charge is 2.20. The monoisotopic (exact) mass is 877 g/mol. The third-order valence-electron chi connectivity index (χ3n) is 10.4. The normalized spacial score (nSPS) is 15.1. The molecule has 0 spiro atoms. The molecule has 0 bridgehead atoms. The van der Waals surface area contributed by atoms with Gasteiger partial charge in [-0.3, -0.25) is 34.0 Å². The molecule has 0 unspecified atom stereocenters. The van der Waals surface area contributed by atoms with Crippen molar-refractivity contribution in [3.63, 3.8) is 0 Å². The maximum absolute atomic E-state index is 13.8. The second kappa shape index (κ2) is 22.7. The number of rotatable bonds is 16. The maximum atomic E-state index is 13.8. The number of aliphatic carboxylic acids is 2. The van der Waals surface area contributed by atoms with E-state index < -0.39 is 29.8 Å². The Kier molecular flexibility index (Phi) is 16.9. The SMILES string of the molecule is C=C(O)CN1CCN(CC(=O)O)CCN(Cc2ccc(C(=O)Nc3cc(/C=C/c4ccc(O)c(C(=O)O)c4)ccc3/C=C/c3ccc(O)c(C(=O)O)c3)cc2)CCN(CC(=O)O)CC1. The van der Waals surface area contributed by atoms with E-state index in [0.717, 1.165) is 5.56 Å². The van der Waals surface area contributed by atoms with E-state index in [0.29, 0.717) is 92.4 Å². The fraction of sp³-hybridized carbons (Fsp3) is 0.255. The molecule has 4 aromatic rings. The van der Waals surface area contributed by atoms with E-state index in [1.807, 2.05) is 26.8 Å². The highest BCUT2D eigenvalue weighted by Crippen LogP contribution is 2.26. The summed E-state index contributed by atoms with van der Waals surface area (Å²) in [5.41, 5.74) is 3.22. The molecule has 1 fully saturated rings. The van der Waals surface area contributed by atoms with Crippen molar-refractivity contribution >= 4 is 59.8 Å². The van der Waals surface area contributed by atoms with Gasteiger partial charge < -0.3 is 41.1 Å². The number of aliphatic hydroxyl groups excluding tert-OH is 1.